The molecule has 26 heavy (non-hydrogen) atoms. The lowest BCUT2D eigenvalue weighted by atomic mass is 10.1. The van der Waals surface area contributed by atoms with E-state index < -0.39 is 0 Å². The Balaban J connectivity index is 1.50. The molecule has 1 aromatic carbocycles. The summed E-state index contributed by atoms with van der Waals surface area (Å²) in [5.41, 5.74) is 2.01. The molecule has 1 unspecified atom stereocenters. The fourth-order valence-corrected chi connectivity index (χ4v) is 3.31. The van der Waals surface area contributed by atoms with Crippen LogP contribution >= 0.6 is 11.6 Å². The Morgan fingerprint density at radius 3 is 2.54 bits per heavy atom. The molecule has 0 saturated carbocycles. The number of nitrogens with zero attached hydrogens (tertiary/aromatic N) is 3. The smallest absolute Gasteiger partial charge is 0.317 e. The molecule has 1 aromatic heterocycles. The van der Waals surface area contributed by atoms with Gasteiger partial charge in [0.1, 0.15) is 5.76 Å². The van der Waals surface area contributed by atoms with Crippen molar-refractivity contribution in [1.82, 2.24) is 20.3 Å². The van der Waals surface area contributed by atoms with E-state index in [0.717, 1.165) is 43.1 Å². The first kappa shape index (κ1) is 18.7. The molecule has 1 aliphatic rings. The van der Waals surface area contributed by atoms with Gasteiger partial charge in [0.25, 0.3) is 0 Å². The van der Waals surface area contributed by atoms with E-state index in [2.05, 4.69) is 22.3 Å². The summed E-state index contributed by atoms with van der Waals surface area (Å²) in [5, 5.41) is 7.88. The Morgan fingerprint density at radius 2 is 1.96 bits per heavy atom. The topological polar surface area (TPSA) is 61.6 Å². The second kappa shape index (κ2) is 8.56. The number of aromatic nitrogens is 1. The molecule has 2 heterocycles. The van der Waals surface area contributed by atoms with Crippen molar-refractivity contribution in [1.29, 1.82) is 0 Å². The molecule has 140 valence electrons. The fourth-order valence-electron chi connectivity index (χ4n) is 3.19. The van der Waals surface area contributed by atoms with E-state index >= 15 is 0 Å². The minimum Gasteiger partial charge on any atom is -0.361 e. The molecule has 1 aliphatic heterocycles. The molecular formula is C19H25ClN4O2. The summed E-state index contributed by atoms with van der Waals surface area (Å²) in [7, 11) is 0. The number of hydrogen-bond acceptors (Lipinski definition) is 4. The predicted octanol–water partition coefficient (Wildman–Crippen LogP) is 3.61. The number of carbonyl (C=O) groups excluding carboxylic acids is 1. The number of rotatable bonds is 5. The van der Waals surface area contributed by atoms with Gasteiger partial charge in [0.05, 0.1) is 11.7 Å². The number of nitrogens with one attached hydrogen (secondary N) is 1. The average molecular weight is 377 g/mol. The third-order valence-corrected chi connectivity index (χ3v) is 4.95. The predicted molar refractivity (Wildman–Crippen MR) is 101 cm³/mol. The Kier molecular flexibility index (Phi) is 6.16. The fraction of sp³-hybridized carbons (Fsp3) is 0.474. The maximum Gasteiger partial charge on any atom is 0.317 e. The zero-order chi connectivity index (χ0) is 18.5. The highest BCUT2D eigenvalue weighted by Gasteiger charge is 2.23. The lowest BCUT2D eigenvalue weighted by Crippen LogP contribution is -2.51. The van der Waals surface area contributed by atoms with Crippen LogP contribution in [0.5, 0.6) is 0 Å². The first-order chi connectivity index (χ1) is 12.5. The first-order valence-electron chi connectivity index (χ1n) is 9.00. The van der Waals surface area contributed by atoms with E-state index in [0.29, 0.717) is 18.1 Å². The first-order valence-corrected chi connectivity index (χ1v) is 9.38. The molecule has 0 radical (unpaired) electrons. The second-order valence-corrected chi connectivity index (χ2v) is 7.09. The third-order valence-electron chi connectivity index (χ3n) is 4.70. The quantitative estimate of drug-likeness (QED) is 0.865. The maximum absolute atomic E-state index is 12.6. The van der Waals surface area contributed by atoms with Crippen LogP contribution in [0.4, 0.5) is 4.79 Å². The molecule has 1 fully saturated rings. The van der Waals surface area contributed by atoms with Crippen molar-refractivity contribution in [2.24, 2.45) is 0 Å². The molecule has 0 spiro atoms. The highest BCUT2D eigenvalue weighted by Crippen LogP contribution is 2.20. The Bertz CT molecular complexity index is 723. The van der Waals surface area contributed by atoms with E-state index in [1.165, 1.54) is 0 Å². The third kappa shape index (κ3) is 4.77. The number of amides is 2. The highest BCUT2D eigenvalue weighted by atomic mass is 35.5. The van der Waals surface area contributed by atoms with Gasteiger partial charge >= 0.3 is 6.03 Å². The van der Waals surface area contributed by atoms with Crippen molar-refractivity contribution in [3.05, 3.63) is 52.4 Å². The Morgan fingerprint density at radius 1 is 1.27 bits per heavy atom. The summed E-state index contributed by atoms with van der Waals surface area (Å²) in [6, 6.07) is 9.59. The monoisotopic (exact) mass is 376 g/mol. The number of carbonyl (C=O) groups is 1. The highest BCUT2D eigenvalue weighted by molar-refractivity contribution is 6.30. The van der Waals surface area contributed by atoms with Gasteiger partial charge in [-0.05, 0) is 31.0 Å². The SMILES string of the molecule is CCC(NC(=O)N1CCN(Cc2cc(C)on2)CC1)c1ccc(Cl)cc1. The second-order valence-electron chi connectivity index (χ2n) is 6.65. The van der Waals surface area contributed by atoms with Gasteiger partial charge in [0, 0.05) is 43.8 Å². The molecular weight excluding hydrogens is 352 g/mol. The van der Waals surface area contributed by atoms with Crippen molar-refractivity contribution in [3.63, 3.8) is 0 Å². The lowest BCUT2D eigenvalue weighted by Gasteiger charge is -2.35. The number of piperazine rings is 1. The summed E-state index contributed by atoms with van der Waals surface area (Å²) in [4.78, 5) is 16.8. The van der Waals surface area contributed by atoms with Gasteiger partial charge < -0.3 is 14.7 Å². The van der Waals surface area contributed by atoms with Crippen LogP contribution in [0, 0.1) is 6.92 Å². The van der Waals surface area contributed by atoms with Crippen molar-refractivity contribution in [2.45, 2.75) is 32.9 Å². The number of hydrogen-bond donors (Lipinski definition) is 1. The summed E-state index contributed by atoms with van der Waals surface area (Å²) in [5.74, 6) is 0.825. The minimum atomic E-state index is -0.0104. The van der Waals surface area contributed by atoms with Gasteiger partial charge in [0.2, 0.25) is 0 Å². The van der Waals surface area contributed by atoms with Crippen LogP contribution in [0.2, 0.25) is 5.02 Å². The number of aryl methyl sites for hydroxylation is 1. The minimum absolute atomic E-state index is 0.00379. The molecule has 1 atom stereocenters. The van der Waals surface area contributed by atoms with E-state index in [1.54, 1.807) is 0 Å². The molecule has 1 saturated heterocycles. The number of urea groups is 1. The molecule has 2 amide bonds. The Hall–Kier alpha value is -2.05. The largest absolute Gasteiger partial charge is 0.361 e. The van der Waals surface area contributed by atoms with Gasteiger partial charge in [0.15, 0.2) is 0 Å². The average Bonchev–Trinajstić information content (AvgIpc) is 3.05. The van der Waals surface area contributed by atoms with E-state index in [-0.39, 0.29) is 12.1 Å². The maximum atomic E-state index is 12.6. The molecule has 6 nitrogen and oxygen atoms in total. The van der Waals surface area contributed by atoms with Gasteiger partial charge in [-0.15, -0.1) is 0 Å². The van der Waals surface area contributed by atoms with Crippen LogP contribution in [0.25, 0.3) is 0 Å². The van der Waals surface area contributed by atoms with E-state index in [1.807, 2.05) is 42.2 Å². The molecule has 0 bridgehead atoms. The number of benzene rings is 1. The number of halogens is 1. The Labute approximate surface area is 159 Å². The normalized spacial score (nSPS) is 16.5. The van der Waals surface area contributed by atoms with Crippen molar-refractivity contribution in [3.8, 4) is 0 Å². The van der Waals surface area contributed by atoms with Crippen LogP contribution in [-0.2, 0) is 6.54 Å². The molecule has 7 heteroatoms. The van der Waals surface area contributed by atoms with Crippen LogP contribution in [-0.4, -0.2) is 47.2 Å². The summed E-state index contributed by atoms with van der Waals surface area (Å²) in [6.45, 7) is 7.80. The van der Waals surface area contributed by atoms with Gasteiger partial charge in [-0.3, -0.25) is 4.90 Å². The van der Waals surface area contributed by atoms with Gasteiger partial charge in [-0.25, -0.2) is 4.79 Å². The van der Waals surface area contributed by atoms with Crippen LogP contribution in [0.3, 0.4) is 0 Å². The van der Waals surface area contributed by atoms with Gasteiger partial charge in [-0.2, -0.15) is 0 Å². The summed E-state index contributed by atoms with van der Waals surface area (Å²) >= 11 is 5.95. The van der Waals surface area contributed by atoms with Gasteiger partial charge in [-0.1, -0.05) is 35.8 Å². The van der Waals surface area contributed by atoms with Crippen LogP contribution in [0.15, 0.2) is 34.9 Å². The van der Waals surface area contributed by atoms with E-state index in [4.69, 9.17) is 16.1 Å². The summed E-state index contributed by atoms with van der Waals surface area (Å²) < 4.78 is 5.11. The standard InChI is InChI=1S/C19H25ClN4O2/c1-3-18(15-4-6-16(20)7-5-15)21-19(25)24-10-8-23(9-11-24)13-17-12-14(2)26-22-17/h4-7,12,18H,3,8-11,13H2,1-2H3,(H,21,25). The van der Waals surface area contributed by atoms with E-state index in [9.17, 15) is 4.79 Å². The summed E-state index contributed by atoms with van der Waals surface area (Å²) in [6.07, 6.45) is 0.832. The molecule has 3 rings (SSSR count). The molecule has 1 N–H and O–H groups in total. The molecule has 2 aromatic rings. The van der Waals surface area contributed by atoms with Crippen molar-refractivity contribution in [2.75, 3.05) is 26.2 Å². The van der Waals surface area contributed by atoms with Crippen LogP contribution < -0.4 is 5.32 Å². The zero-order valence-corrected chi connectivity index (χ0v) is 16.0. The zero-order valence-electron chi connectivity index (χ0n) is 15.2. The van der Waals surface area contributed by atoms with Crippen LogP contribution in [0.1, 0.15) is 36.4 Å². The molecule has 0 aliphatic carbocycles. The van der Waals surface area contributed by atoms with Crippen molar-refractivity contribution >= 4 is 17.6 Å². The lowest BCUT2D eigenvalue weighted by molar-refractivity contribution is 0.131. The van der Waals surface area contributed by atoms with Crippen molar-refractivity contribution < 1.29 is 9.32 Å².